The van der Waals surface area contributed by atoms with Crippen LogP contribution in [0.4, 0.5) is 0 Å². The first-order valence-corrected chi connectivity index (χ1v) is 12.7. The second kappa shape index (κ2) is 8.41. The van der Waals surface area contributed by atoms with Gasteiger partial charge in [0.15, 0.2) is 0 Å². The molecule has 0 aromatic heterocycles. The zero-order chi connectivity index (χ0) is 22.6. The van der Waals surface area contributed by atoms with Crippen molar-refractivity contribution in [3.8, 4) is 0 Å². The molecule has 31 heavy (non-hydrogen) atoms. The molecule has 4 aliphatic rings. The van der Waals surface area contributed by atoms with Gasteiger partial charge in [-0.25, -0.2) is 0 Å². The smallest absolute Gasteiger partial charge is 0.396 e. The van der Waals surface area contributed by atoms with Gasteiger partial charge in [0, 0.05) is 31.3 Å². The first-order valence-electron chi connectivity index (χ1n) is 12.7. The molecule has 2 N–H and O–H groups in total. The van der Waals surface area contributed by atoms with Gasteiger partial charge in [-0.3, -0.25) is 9.59 Å². The third kappa shape index (κ3) is 3.76. The molecule has 1 unspecified atom stereocenters. The van der Waals surface area contributed by atoms with Crippen molar-refractivity contribution in [3.63, 3.8) is 0 Å². The molecule has 0 saturated heterocycles. The third-order valence-corrected chi connectivity index (χ3v) is 10.2. The molecule has 4 heteroatoms. The molecule has 4 rings (SSSR count). The van der Waals surface area contributed by atoms with Crippen molar-refractivity contribution in [2.24, 2.45) is 46.3 Å². The second-order valence-electron chi connectivity index (χ2n) is 11.9. The van der Waals surface area contributed by atoms with E-state index in [0.717, 1.165) is 38.5 Å². The Bertz CT molecular complexity index is 763. The summed E-state index contributed by atoms with van der Waals surface area (Å²) in [4.78, 5) is 26.3. The van der Waals surface area contributed by atoms with Gasteiger partial charge in [-0.1, -0.05) is 39.3 Å². The summed E-state index contributed by atoms with van der Waals surface area (Å²) >= 11 is 0. The molecule has 4 nitrogen and oxygen atoms in total. The van der Waals surface area contributed by atoms with Crippen molar-refractivity contribution >= 4 is 11.6 Å². The summed E-state index contributed by atoms with van der Waals surface area (Å²) in [5, 5.41) is 19.5. The largest absolute Gasteiger partial charge is 1.00 e. The van der Waals surface area contributed by atoms with Crippen molar-refractivity contribution in [1.82, 2.24) is 0 Å². The fourth-order valence-corrected chi connectivity index (χ4v) is 8.22. The predicted octanol–water partition coefficient (Wildman–Crippen LogP) is 4.83. The zero-order valence-corrected chi connectivity index (χ0v) is 19.9. The fourth-order valence-electron chi connectivity index (χ4n) is 8.22. The summed E-state index contributed by atoms with van der Waals surface area (Å²) in [6.45, 7) is 8.77. The summed E-state index contributed by atoms with van der Waals surface area (Å²) in [5.41, 5.74) is 1.55. The lowest BCUT2D eigenvalue weighted by Gasteiger charge is -2.58. The summed E-state index contributed by atoms with van der Waals surface area (Å²) in [5.74, 6) is 1.75. The molecule has 0 radical (unpaired) electrons. The lowest BCUT2D eigenvalue weighted by atomic mass is 9.47. The van der Waals surface area contributed by atoms with Gasteiger partial charge in [-0.2, -0.15) is 0 Å². The van der Waals surface area contributed by atoms with Crippen molar-refractivity contribution < 1.29 is 21.2 Å². The van der Waals surface area contributed by atoms with Crippen LogP contribution in [0.5, 0.6) is 0 Å². The van der Waals surface area contributed by atoms with E-state index < -0.39 is 0 Å². The van der Waals surface area contributed by atoms with Crippen molar-refractivity contribution in [1.29, 1.82) is 0 Å². The maximum Gasteiger partial charge on any atom is 1.00 e. The minimum absolute atomic E-state index is 0. The predicted molar refractivity (Wildman–Crippen MR) is 122 cm³/mol. The summed E-state index contributed by atoms with van der Waals surface area (Å²) < 4.78 is 0. The monoisotopic (exact) mass is 431 g/mol. The van der Waals surface area contributed by atoms with Crippen LogP contribution in [0.2, 0.25) is 0 Å². The minimum atomic E-state index is -0.222. The Labute approximate surface area is 189 Å². The zero-order valence-electron chi connectivity index (χ0n) is 20.9. The van der Waals surface area contributed by atoms with E-state index in [0.29, 0.717) is 42.8 Å². The minimum Gasteiger partial charge on any atom is -0.396 e. The number of aliphatic hydroxyl groups excluding tert-OH is 2. The van der Waals surface area contributed by atoms with Gasteiger partial charge in [-0.15, -0.1) is 0 Å². The maximum absolute atomic E-state index is 13.3. The molecule has 3 fully saturated rings. The Morgan fingerprint density at radius 1 is 1.19 bits per heavy atom. The molecular weight excluding hydrogens is 388 g/mol. The number of hydrogen-bond donors (Lipinski definition) is 2. The molecule has 0 heterocycles. The van der Waals surface area contributed by atoms with Gasteiger partial charge in [0.25, 0.3) is 0 Å². The number of fused-ring (bicyclic) bond motifs is 5. The molecular formula is C27H43O4+. The topological polar surface area (TPSA) is 74.6 Å². The molecule has 4 aliphatic carbocycles. The summed E-state index contributed by atoms with van der Waals surface area (Å²) in [7, 11) is 0. The Hall–Kier alpha value is -1.00. The van der Waals surface area contributed by atoms with E-state index >= 15 is 0 Å². The average molecular weight is 432 g/mol. The fraction of sp³-hybridized carbons (Fsp3) is 0.852. The summed E-state index contributed by atoms with van der Waals surface area (Å²) in [6.07, 6.45) is 9.96. The molecule has 0 aromatic rings. The SMILES string of the molecule is C[C@@H](CO)CCC(=O)[C@@H](C)C1C(=O)C[C@H]2[C@@H]3CC=C4C[C@@H](O)CC[C@]4(C)[C@H]3CC[C@]12C.[H+]. The van der Waals surface area contributed by atoms with E-state index in [1.807, 2.05) is 13.8 Å². The van der Waals surface area contributed by atoms with Crippen LogP contribution < -0.4 is 0 Å². The van der Waals surface area contributed by atoms with E-state index in [-0.39, 0.29) is 48.5 Å². The molecule has 0 amide bonds. The van der Waals surface area contributed by atoms with Crippen LogP contribution in [-0.2, 0) is 9.59 Å². The highest BCUT2D eigenvalue weighted by Crippen LogP contribution is 2.66. The normalized spacial score (nSPS) is 44.0. The van der Waals surface area contributed by atoms with Gasteiger partial charge in [0.05, 0.1) is 6.10 Å². The van der Waals surface area contributed by atoms with E-state index in [4.69, 9.17) is 0 Å². The number of allylic oxidation sites excluding steroid dienone is 1. The standard InChI is InChI=1S/C27H42O4/c1-16(15-28)5-8-23(30)17(2)25-24(31)14-22-20-7-6-18-13-19(29)9-11-26(18,3)21(20)10-12-27(22,25)4/h6,16-17,19-22,25,28-29H,5,7-15H2,1-4H3/p+1/t16-,17-,19+,20-,21+,22+,25?,26+,27+/m1/s1. The number of rotatable bonds is 6. The second-order valence-corrected chi connectivity index (χ2v) is 11.9. The first-order chi connectivity index (χ1) is 14.6. The lowest BCUT2D eigenvalue weighted by Crippen LogP contribution is -2.51. The third-order valence-electron chi connectivity index (χ3n) is 10.2. The molecule has 0 aromatic carbocycles. The van der Waals surface area contributed by atoms with Gasteiger partial charge in [0.1, 0.15) is 11.6 Å². The van der Waals surface area contributed by atoms with E-state index in [1.54, 1.807) is 0 Å². The molecule has 3 saturated carbocycles. The quantitative estimate of drug-likeness (QED) is 0.591. The first kappa shape index (κ1) is 23.2. The van der Waals surface area contributed by atoms with Crippen LogP contribution in [0.1, 0.15) is 86.9 Å². The Morgan fingerprint density at radius 2 is 1.94 bits per heavy atom. The van der Waals surface area contributed by atoms with Gasteiger partial charge < -0.3 is 10.2 Å². The van der Waals surface area contributed by atoms with Crippen LogP contribution >= 0.6 is 0 Å². The number of ketones is 2. The maximum atomic E-state index is 13.3. The number of carbonyl (C=O) groups is 2. The van der Waals surface area contributed by atoms with Gasteiger partial charge >= 0.3 is 1.43 Å². The van der Waals surface area contributed by atoms with Gasteiger partial charge in [0.2, 0.25) is 0 Å². The van der Waals surface area contributed by atoms with Crippen LogP contribution in [0.25, 0.3) is 0 Å². The molecule has 0 spiro atoms. The summed E-state index contributed by atoms with van der Waals surface area (Å²) in [6, 6.07) is 0. The van der Waals surface area contributed by atoms with Crippen LogP contribution in [0.3, 0.4) is 0 Å². The van der Waals surface area contributed by atoms with Crippen molar-refractivity contribution in [3.05, 3.63) is 11.6 Å². The molecule has 0 bridgehead atoms. The number of aliphatic hydroxyl groups is 2. The van der Waals surface area contributed by atoms with E-state index in [1.165, 1.54) is 5.57 Å². The Morgan fingerprint density at radius 3 is 2.65 bits per heavy atom. The highest BCUT2D eigenvalue weighted by molar-refractivity contribution is 5.92. The number of carbonyl (C=O) groups excluding carboxylic acids is 2. The highest BCUT2D eigenvalue weighted by Gasteiger charge is 2.62. The van der Waals surface area contributed by atoms with E-state index in [2.05, 4.69) is 19.9 Å². The molecule has 174 valence electrons. The highest BCUT2D eigenvalue weighted by atomic mass is 16.3. The van der Waals surface area contributed by atoms with Crippen molar-refractivity contribution in [2.45, 2.75) is 91.6 Å². The van der Waals surface area contributed by atoms with Crippen molar-refractivity contribution in [2.75, 3.05) is 6.61 Å². The average Bonchev–Trinajstić information content (AvgIpc) is 3.01. The van der Waals surface area contributed by atoms with Crippen LogP contribution in [-0.4, -0.2) is 34.5 Å². The lowest BCUT2D eigenvalue weighted by molar-refractivity contribution is -0.134. The van der Waals surface area contributed by atoms with Gasteiger partial charge in [-0.05, 0) is 79.4 Å². The Kier molecular flexibility index (Phi) is 6.28. The number of hydrogen-bond acceptors (Lipinski definition) is 4. The van der Waals surface area contributed by atoms with E-state index in [9.17, 15) is 19.8 Å². The van der Waals surface area contributed by atoms with Crippen LogP contribution in [0, 0.1) is 46.3 Å². The number of Topliss-reactive ketones (excluding diaryl/α,β-unsaturated/α-hetero) is 2. The molecule has 9 atom stereocenters. The Balaban J connectivity index is 0.00000289. The molecule has 0 aliphatic heterocycles. The van der Waals surface area contributed by atoms with Crippen LogP contribution in [0.15, 0.2) is 11.6 Å².